The number of hydrogen-bond acceptors (Lipinski definition) is 3. The van der Waals surface area contributed by atoms with Gasteiger partial charge in [0, 0.05) is 17.2 Å². The molecule has 0 aliphatic rings. The van der Waals surface area contributed by atoms with E-state index in [4.69, 9.17) is 28.0 Å². The van der Waals surface area contributed by atoms with Gasteiger partial charge in [0.1, 0.15) is 4.90 Å². The largest absolute Gasteiger partial charge is 0.326 e. The van der Waals surface area contributed by atoms with Gasteiger partial charge < -0.3 is 5.73 Å². The van der Waals surface area contributed by atoms with E-state index in [0.717, 1.165) is 0 Å². The van der Waals surface area contributed by atoms with E-state index in [9.17, 15) is 8.42 Å². The summed E-state index contributed by atoms with van der Waals surface area (Å²) >= 11 is 5.67. The average molecular weight is 240 g/mol. The SMILES string of the molecule is NCc1cccc(Cl)c1S(=O)(=O)Cl. The Balaban J connectivity index is 3.50. The molecule has 0 saturated heterocycles. The molecule has 6 heteroatoms. The summed E-state index contributed by atoms with van der Waals surface area (Å²) in [4.78, 5) is -0.0965. The predicted molar refractivity (Wildman–Crippen MR) is 52.4 cm³/mol. The van der Waals surface area contributed by atoms with Crippen molar-refractivity contribution in [3.63, 3.8) is 0 Å². The second kappa shape index (κ2) is 3.84. The summed E-state index contributed by atoms with van der Waals surface area (Å²) in [7, 11) is 1.36. The molecule has 0 spiro atoms. The van der Waals surface area contributed by atoms with Gasteiger partial charge >= 0.3 is 0 Å². The number of halogens is 2. The number of nitrogens with two attached hydrogens (primary N) is 1. The normalized spacial score (nSPS) is 11.6. The van der Waals surface area contributed by atoms with Crippen molar-refractivity contribution in [2.75, 3.05) is 0 Å². The van der Waals surface area contributed by atoms with Gasteiger partial charge in [0.25, 0.3) is 9.05 Å². The van der Waals surface area contributed by atoms with Crippen molar-refractivity contribution >= 4 is 31.3 Å². The predicted octanol–water partition coefficient (Wildman–Crippen LogP) is 1.73. The zero-order chi connectivity index (χ0) is 10.1. The highest BCUT2D eigenvalue weighted by Crippen LogP contribution is 2.27. The van der Waals surface area contributed by atoms with Crippen molar-refractivity contribution in [2.45, 2.75) is 11.4 Å². The van der Waals surface area contributed by atoms with Crippen LogP contribution in [0, 0.1) is 0 Å². The third-order valence-electron chi connectivity index (χ3n) is 1.51. The van der Waals surface area contributed by atoms with Crippen LogP contribution in [0.15, 0.2) is 23.1 Å². The van der Waals surface area contributed by atoms with Crippen molar-refractivity contribution in [1.29, 1.82) is 0 Å². The summed E-state index contributed by atoms with van der Waals surface area (Å²) in [5, 5.41) is 0.0953. The first-order valence-corrected chi connectivity index (χ1v) is 6.07. The second-order valence-electron chi connectivity index (χ2n) is 2.37. The molecule has 0 aliphatic carbocycles. The molecule has 2 N–H and O–H groups in total. The standard InChI is InChI=1S/C7H7Cl2NO2S/c8-6-3-1-2-5(4-10)7(6)13(9,11)12/h1-3H,4,10H2. The fourth-order valence-corrected chi connectivity index (χ4v) is 2.92. The van der Waals surface area contributed by atoms with Crippen LogP contribution in [0.3, 0.4) is 0 Å². The van der Waals surface area contributed by atoms with Gasteiger partial charge in [-0.3, -0.25) is 0 Å². The third-order valence-corrected chi connectivity index (χ3v) is 3.37. The van der Waals surface area contributed by atoms with E-state index in [1.165, 1.54) is 6.07 Å². The van der Waals surface area contributed by atoms with Crippen LogP contribution in [-0.4, -0.2) is 8.42 Å². The first-order valence-electron chi connectivity index (χ1n) is 3.39. The van der Waals surface area contributed by atoms with Crippen LogP contribution in [0.1, 0.15) is 5.56 Å². The quantitative estimate of drug-likeness (QED) is 0.800. The van der Waals surface area contributed by atoms with Crippen molar-refractivity contribution in [2.24, 2.45) is 5.73 Å². The van der Waals surface area contributed by atoms with Gasteiger partial charge in [-0.15, -0.1) is 0 Å². The highest BCUT2D eigenvalue weighted by Gasteiger charge is 2.18. The Labute approximate surface area is 85.9 Å². The Morgan fingerprint density at radius 2 is 2.00 bits per heavy atom. The van der Waals surface area contributed by atoms with Gasteiger partial charge in [-0.05, 0) is 11.6 Å². The van der Waals surface area contributed by atoms with Crippen molar-refractivity contribution in [3.05, 3.63) is 28.8 Å². The minimum atomic E-state index is -3.82. The smallest absolute Gasteiger partial charge is 0.263 e. The molecule has 72 valence electrons. The van der Waals surface area contributed by atoms with E-state index in [2.05, 4.69) is 0 Å². The van der Waals surface area contributed by atoms with Gasteiger partial charge in [0.2, 0.25) is 0 Å². The minimum absolute atomic E-state index is 0.0852. The van der Waals surface area contributed by atoms with Gasteiger partial charge in [0.15, 0.2) is 0 Å². The molecule has 0 aliphatic heterocycles. The van der Waals surface area contributed by atoms with Gasteiger partial charge in [-0.25, -0.2) is 8.42 Å². The molecule has 0 atom stereocenters. The molecule has 13 heavy (non-hydrogen) atoms. The van der Waals surface area contributed by atoms with Crippen molar-refractivity contribution < 1.29 is 8.42 Å². The average Bonchev–Trinajstić information content (AvgIpc) is 2.01. The molecule has 1 rings (SSSR count). The summed E-state index contributed by atoms with van der Waals surface area (Å²) in [6, 6.07) is 4.65. The second-order valence-corrected chi connectivity index (χ2v) is 5.28. The molecule has 0 amide bonds. The van der Waals surface area contributed by atoms with Crippen molar-refractivity contribution in [1.82, 2.24) is 0 Å². The van der Waals surface area contributed by atoms with Crippen LogP contribution in [0.4, 0.5) is 0 Å². The Morgan fingerprint density at radius 3 is 2.38 bits per heavy atom. The molecule has 0 unspecified atom stereocenters. The maximum Gasteiger partial charge on any atom is 0.263 e. The topological polar surface area (TPSA) is 60.2 Å². The molecule has 1 aromatic carbocycles. The zero-order valence-electron chi connectivity index (χ0n) is 6.50. The summed E-state index contributed by atoms with van der Waals surface area (Å²) < 4.78 is 22.1. The number of hydrogen-bond donors (Lipinski definition) is 1. The van der Waals surface area contributed by atoms with E-state index >= 15 is 0 Å². The highest BCUT2D eigenvalue weighted by atomic mass is 35.7. The van der Waals surface area contributed by atoms with E-state index in [1.54, 1.807) is 12.1 Å². The van der Waals surface area contributed by atoms with Crippen molar-refractivity contribution in [3.8, 4) is 0 Å². The Morgan fingerprint density at radius 1 is 1.38 bits per heavy atom. The Bertz CT molecular complexity index is 417. The lowest BCUT2D eigenvalue weighted by Gasteiger charge is -2.05. The molecule has 3 nitrogen and oxygen atoms in total. The third kappa shape index (κ3) is 2.34. The Hall–Kier alpha value is -0.290. The summed E-state index contributed by atoms with van der Waals surface area (Å²) in [6.45, 7) is 0.0852. The van der Waals surface area contributed by atoms with Crippen LogP contribution >= 0.6 is 22.3 Å². The van der Waals surface area contributed by atoms with E-state index in [0.29, 0.717) is 5.56 Å². The maximum atomic E-state index is 11.1. The maximum absolute atomic E-state index is 11.1. The lowest BCUT2D eigenvalue weighted by molar-refractivity contribution is 0.608. The molecular formula is C7H7Cl2NO2S. The minimum Gasteiger partial charge on any atom is -0.326 e. The first-order chi connectivity index (χ1) is 5.96. The summed E-state index contributed by atoms with van der Waals surface area (Å²) in [5.74, 6) is 0. The van der Waals surface area contributed by atoms with Crippen LogP contribution < -0.4 is 5.73 Å². The van der Waals surface area contributed by atoms with Gasteiger partial charge in [-0.2, -0.15) is 0 Å². The van der Waals surface area contributed by atoms with E-state index < -0.39 is 9.05 Å². The zero-order valence-corrected chi connectivity index (χ0v) is 8.83. The molecule has 1 aromatic rings. The summed E-state index contributed by atoms with van der Waals surface area (Å²) in [6.07, 6.45) is 0. The van der Waals surface area contributed by atoms with Gasteiger partial charge in [-0.1, -0.05) is 23.7 Å². The van der Waals surface area contributed by atoms with Crippen LogP contribution in [-0.2, 0) is 15.6 Å². The monoisotopic (exact) mass is 239 g/mol. The van der Waals surface area contributed by atoms with E-state index in [1.807, 2.05) is 0 Å². The van der Waals surface area contributed by atoms with Crippen LogP contribution in [0.25, 0.3) is 0 Å². The molecular weight excluding hydrogens is 233 g/mol. The molecule has 0 aromatic heterocycles. The number of benzene rings is 1. The first kappa shape index (κ1) is 10.8. The lowest BCUT2D eigenvalue weighted by Crippen LogP contribution is -2.04. The summed E-state index contributed by atoms with van der Waals surface area (Å²) in [5.41, 5.74) is 5.75. The molecule has 0 saturated carbocycles. The van der Waals surface area contributed by atoms with Gasteiger partial charge in [0.05, 0.1) is 5.02 Å². The fraction of sp³-hybridized carbons (Fsp3) is 0.143. The molecule has 0 bridgehead atoms. The number of rotatable bonds is 2. The van der Waals surface area contributed by atoms with E-state index in [-0.39, 0.29) is 16.5 Å². The highest BCUT2D eigenvalue weighted by molar-refractivity contribution is 8.13. The fourth-order valence-electron chi connectivity index (χ4n) is 0.987. The molecule has 0 radical (unpaired) electrons. The lowest BCUT2D eigenvalue weighted by atomic mass is 10.2. The van der Waals surface area contributed by atoms with Crippen LogP contribution in [0.2, 0.25) is 5.02 Å². The Kier molecular flexibility index (Phi) is 3.18. The molecule has 0 heterocycles. The molecule has 0 fully saturated rings. The van der Waals surface area contributed by atoms with Crippen LogP contribution in [0.5, 0.6) is 0 Å².